The first-order chi connectivity index (χ1) is 10.8. The Hall–Kier alpha value is -3.14. The molecule has 0 saturated heterocycles. The average Bonchev–Trinajstić information content (AvgIpc) is 2.57. The first-order valence-electron chi connectivity index (χ1n) is 7.09. The van der Waals surface area contributed by atoms with Crippen LogP contribution in [-0.2, 0) is 0 Å². The maximum Gasteiger partial charge on any atom is 0.239 e. The van der Waals surface area contributed by atoms with E-state index in [1.54, 1.807) is 0 Å². The molecule has 0 aliphatic rings. The second-order valence-corrected chi connectivity index (χ2v) is 5.21. The lowest BCUT2D eigenvalue weighted by molar-refractivity contribution is -0.538. The van der Waals surface area contributed by atoms with Crippen molar-refractivity contribution in [2.45, 2.75) is 0 Å². The SMILES string of the molecule is Nc1ccc2c(nc3ccccc3[n+]2-c2ccccc2)c1N. The van der Waals surface area contributed by atoms with E-state index in [0.29, 0.717) is 11.4 Å². The van der Waals surface area contributed by atoms with E-state index in [-0.39, 0.29) is 0 Å². The predicted molar refractivity (Wildman–Crippen MR) is 89.6 cm³/mol. The number of hydrogen-bond acceptors (Lipinski definition) is 3. The van der Waals surface area contributed by atoms with Gasteiger partial charge < -0.3 is 11.5 Å². The summed E-state index contributed by atoms with van der Waals surface area (Å²) >= 11 is 0. The molecule has 3 aromatic carbocycles. The zero-order valence-corrected chi connectivity index (χ0v) is 11.9. The van der Waals surface area contributed by atoms with Crippen LogP contribution >= 0.6 is 0 Å². The van der Waals surface area contributed by atoms with Gasteiger partial charge in [0.1, 0.15) is 5.52 Å². The summed E-state index contributed by atoms with van der Waals surface area (Å²) in [5, 5.41) is 0. The molecule has 4 nitrogen and oxygen atoms in total. The van der Waals surface area contributed by atoms with Crippen LogP contribution < -0.4 is 16.0 Å². The highest BCUT2D eigenvalue weighted by atomic mass is 15.0. The Bertz CT molecular complexity index is 994. The van der Waals surface area contributed by atoms with Crippen LogP contribution in [0.1, 0.15) is 0 Å². The quantitative estimate of drug-likeness (QED) is 0.321. The van der Waals surface area contributed by atoms with Crippen molar-refractivity contribution in [2.24, 2.45) is 0 Å². The largest absolute Gasteiger partial charge is 0.397 e. The molecule has 0 spiro atoms. The molecule has 22 heavy (non-hydrogen) atoms. The second kappa shape index (κ2) is 4.70. The van der Waals surface area contributed by atoms with Crippen LogP contribution in [0, 0.1) is 0 Å². The molecule has 0 saturated carbocycles. The van der Waals surface area contributed by atoms with Crippen LogP contribution in [0.2, 0.25) is 0 Å². The fourth-order valence-corrected chi connectivity index (χ4v) is 2.76. The molecule has 0 aliphatic carbocycles. The number of benzene rings is 3. The smallest absolute Gasteiger partial charge is 0.239 e. The third kappa shape index (κ3) is 1.78. The Kier molecular flexibility index (Phi) is 2.69. The van der Waals surface area contributed by atoms with E-state index in [0.717, 1.165) is 27.8 Å². The van der Waals surface area contributed by atoms with Crippen molar-refractivity contribution in [3.05, 3.63) is 66.7 Å². The zero-order chi connectivity index (χ0) is 15.1. The van der Waals surface area contributed by atoms with Gasteiger partial charge in [-0.3, -0.25) is 0 Å². The summed E-state index contributed by atoms with van der Waals surface area (Å²) in [6, 6.07) is 22.0. The molecule has 4 rings (SSSR count). The number of anilines is 2. The van der Waals surface area contributed by atoms with Crippen molar-refractivity contribution in [1.29, 1.82) is 0 Å². The number of nitrogens with two attached hydrogens (primary N) is 2. The van der Waals surface area contributed by atoms with Crippen LogP contribution in [0.4, 0.5) is 11.4 Å². The summed E-state index contributed by atoms with van der Waals surface area (Å²) in [6.07, 6.45) is 0. The fraction of sp³-hybridized carbons (Fsp3) is 0. The Labute approximate surface area is 127 Å². The predicted octanol–water partition coefficient (Wildman–Crippen LogP) is 2.83. The molecule has 106 valence electrons. The molecule has 0 fully saturated rings. The third-order valence-corrected chi connectivity index (χ3v) is 3.84. The number of aromatic nitrogens is 2. The Morgan fingerprint density at radius 1 is 0.727 bits per heavy atom. The van der Waals surface area contributed by atoms with E-state index in [2.05, 4.69) is 22.8 Å². The summed E-state index contributed by atoms with van der Waals surface area (Å²) in [6.45, 7) is 0. The highest BCUT2D eigenvalue weighted by molar-refractivity contribution is 5.95. The van der Waals surface area contributed by atoms with Crippen molar-refractivity contribution in [3.8, 4) is 5.69 Å². The summed E-state index contributed by atoms with van der Waals surface area (Å²) in [7, 11) is 0. The number of fused-ring (bicyclic) bond motifs is 2. The van der Waals surface area contributed by atoms with Crippen molar-refractivity contribution in [2.75, 3.05) is 11.5 Å². The molecule has 0 atom stereocenters. The monoisotopic (exact) mass is 287 g/mol. The van der Waals surface area contributed by atoms with Gasteiger partial charge in [-0.1, -0.05) is 30.3 Å². The van der Waals surface area contributed by atoms with Crippen molar-refractivity contribution in [3.63, 3.8) is 0 Å². The molecule has 4 N–H and O–H groups in total. The van der Waals surface area contributed by atoms with E-state index in [1.807, 2.05) is 48.5 Å². The number of rotatable bonds is 1. The number of para-hydroxylation sites is 3. The minimum atomic E-state index is 0.521. The fourth-order valence-electron chi connectivity index (χ4n) is 2.76. The summed E-state index contributed by atoms with van der Waals surface area (Å²) in [5.41, 5.74) is 17.8. The van der Waals surface area contributed by atoms with Gasteiger partial charge in [0.15, 0.2) is 5.52 Å². The van der Waals surface area contributed by atoms with Gasteiger partial charge in [0, 0.05) is 24.3 Å². The minimum absolute atomic E-state index is 0.521. The molecule has 0 amide bonds. The number of nitrogens with zero attached hydrogens (tertiary/aromatic N) is 2. The van der Waals surface area contributed by atoms with Crippen LogP contribution in [0.3, 0.4) is 0 Å². The molecule has 4 heteroatoms. The van der Waals surface area contributed by atoms with E-state index >= 15 is 0 Å². The minimum Gasteiger partial charge on any atom is -0.397 e. The highest BCUT2D eigenvalue weighted by Crippen LogP contribution is 2.25. The molecule has 1 heterocycles. The standard InChI is InChI=1S/C18H14N4/c19-13-10-11-16-18(17(13)20)21-14-8-4-5-9-15(14)22(16)12-6-2-1-3-7-12/h1-11,20H,(H2,19,21)/p+1. The van der Waals surface area contributed by atoms with Gasteiger partial charge in [0.2, 0.25) is 16.7 Å². The molecule has 0 aliphatic heterocycles. The maximum atomic E-state index is 6.16. The topological polar surface area (TPSA) is 68.8 Å². The molecular formula is C18H15N4+. The van der Waals surface area contributed by atoms with E-state index in [4.69, 9.17) is 16.5 Å². The van der Waals surface area contributed by atoms with Gasteiger partial charge in [0.25, 0.3) is 0 Å². The van der Waals surface area contributed by atoms with Crippen molar-refractivity contribution in [1.82, 2.24) is 4.98 Å². The first-order valence-corrected chi connectivity index (χ1v) is 7.09. The molecule has 0 unspecified atom stereocenters. The van der Waals surface area contributed by atoms with Gasteiger partial charge in [-0.05, 0) is 12.1 Å². The van der Waals surface area contributed by atoms with Crippen molar-refractivity contribution < 1.29 is 4.57 Å². The first kappa shape index (κ1) is 12.6. The second-order valence-electron chi connectivity index (χ2n) is 5.21. The molecular weight excluding hydrogens is 272 g/mol. The van der Waals surface area contributed by atoms with Crippen LogP contribution in [0.5, 0.6) is 0 Å². The van der Waals surface area contributed by atoms with Gasteiger partial charge >= 0.3 is 0 Å². The Balaban J connectivity index is 2.25. The molecule has 0 bridgehead atoms. The Morgan fingerprint density at radius 3 is 2.27 bits per heavy atom. The lowest BCUT2D eigenvalue weighted by Crippen LogP contribution is -2.33. The maximum absolute atomic E-state index is 6.16. The van der Waals surface area contributed by atoms with Crippen molar-refractivity contribution >= 4 is 33.4 Å². The lowest BCUT2D eigenvalue weighted by atomic mass is 10.1. The van der Waals surface area contributed by atoms with Gasteiger partial charge in [-0.15, -0.1) is 4.57 Å². The third-order valence-electron chi connectivity index (χ3n) is 3.84. The molecule has 0 radical (unpaired) electrons. The molecule has 4 aromatic rings. The van der Waals surface area contributed by atoms with E-state index in [1.165, 1.54) is 0 Å². The normalized spacial score (nSPS) is 11.1. The highest BCUT2D eigenvalue weighted by Gasteiger charge is 2.20. The van der Waals surface area contributed by atoms with Gasteiger partial charge in [-0.25, -0.2) is 4.98 Å². The van der Waals surface area contributed by atoms with Gasteiger partial charge in [0.05, 0.1) is 11.4 Å². The van der Waals surface area contributed by atoms with Gasteiger partial charge in [-0.2, -0.15) is 0 Å². The van der Waals surface area contributed by atoms with Crippen LogP contribution in [0.15, 0.2) is 66.7 Å². The number of hydrogen-bond donors (Lipinski definition) is 2. The Morgan fingerprint density at radius 2 is 1.45 bits per heavy atom. The van der Waals surface area contributed by atoms with E-state index < -0.39 is 0 Å². The zero-order valence-electron chi connectivity index (χ0n) is 11.9. The summed E-state index contributed by atoms with van der Waals surface area (Å²) in [5.74, 6) is 0. The van der Waals surface area contributed by atoms with Crippen LogP contribution in [-0.4, -0.2) is 4.98 Å². The number of nitrogen functional groups attached to an aromatic ring is 2. The molecule has 1 aromatic heterocycles. The average molecular weight is 287 g/mol. The van der Waals surface area contributed by atoms with Crippen LogP contribution in [0.25, 0.3) is 27.8 Å². The van der Waals surface area contributed by atoms with E-state index in [9.17, 15) is 0 Å². The summed E-state index contributed by atoms with van der Waals surface area (Å²) < 4.78 is 2.16. The lowest BCUT2D eigenvalue weighted by Gasteiger charge is -2.07. The summed E-state index contributed by atoms with van der Waals surface area (Å²) in [4.78, 5) is 4.70.